The molecule has 0 amide bonds. The van der Waals surface area contributed by atoms with E-state index in [0.717, 1.165) is 11.6 Å². The van der Waals surface area contributed by atoms with Crippen molar-refractivity contribution in [2.45, 2.75) is 85.5 Å². The fraction of sp³-hybridized carbons (Fsp3) is 0.727. The van der Waals surface area contributed by atoms with Gasteiger partial charge in [0.1, 0.15) is 0 Å². The molecule has 0 saturated heterocycles. The molecule has 0 N–H and O–H groups in total. The molecule has 0 atom stereocenters. The molecular weight excluding hydrogens is 340 g/mol. The van der Waals surface area contributed by atoms with Gasteiger partial charge in [0.15, 0.2) is 0 Å². The third-order valence-corrected chi connectivity index (χ3v) is 7.68. The number of unbranched alkanes of at least 4 members (excludes halogenated alkanes) is 7. The third-order valence-electron chi connectivity index (χ3n) is 4.63. The van der Waals surface area contributed by atoms with Crippen molar-refractivity contribution in [2.75, 3.05) is 19.8 Å². The van der Waals surface area contributed by atoms with Crippen LogP contribution in [0.25, 0.3) is 0 Å². The van der Waals surface area contributed by atoms with E-state index >= 15 is 0 Å². The van der Waals surface area contributed by atoms with Gasteiger partial charge in [-0.2, -0.15) is 0 Å². The first-order valence-corrected chi connectivity index (χ1v) is 12.5. The van der Waals surface area contributed by atoms with Gasteiger partial charge in [0.25, 0.3) is 0 Å². The lowest BCUT2D eigenvalue weighted by atomic mass is 10.0. The zero-order chi connectivity index (χ0) is 19.1. The Labute approximate surface area is 162 Å². The molecule has 4 heteroatoms. The minimum atomic E-state index is -2.75. The molecule has 0 aromatic heterocycles. The largest absolute Gasteiger partial charge is 0.537 e. The lowest BCUT2D eigenvalue weighted by Gasteiger charge is -2.28. The molecule has 0 heterocycles. The highest BCUT2D eigenvalue weighted by molar-refractivity contribution is 6.75. The highest BCUT2D eigenvalue weighted by Crippen LogP contribution is 2.14. The van der Waals surface area contributed by atoms with E-state index in [1.54, 1.807) is 0 Å². The van der Waals surface area contributed by atoms with Gasteiger partial charge in [0.05, 0.1) is 0 Å². The van der Waals surface area contributed by atoms with E-state index in [0.29, 0.717) is 19.8 Å². The molecule has 0 spiro atoms. The molecule has 0 bridgehead atoms. The van der Waals surface area contributed by atoms with E-state index in [1.165, 1.54) is 56.9 Å². The molecule has 3 nitrogen and oxygen atoms in total. The Balaban J connectivity index is 2.47. The molecular formula is C22H40O3Si. The van der Waals surface area contributed by atoms with E-state index in [9.17, 15) is 0 Å². The summed E-state index contributed by atoms with van der Waals surface area (Å²) in [5.74, 6) is 0. The van der Waals surface area contributed by atoms with Crippen molar-refractivity contribution in [3.8, 4) is 0 Å². The van der Waals surface area contributed by atoms with Crippen molar-refractivity contribution in [2.24, 2.45) is 0 Å². The average molecular weight is 381 g/mol. The molecule has 0 unspecified atom stereocenters. The van der Waals surface area contributed by atoms with Crippen molar-refractivity contribution in [1.29, 1.82) is 0 Å². The summed E-state index contributed by atoms with van der Waals surface area (Å²) in [5.41, 5.74) is 1.40. The molecule has 0 aliphatic rings. The van der Waals surface area contributed by atoms with Crippen LogP contribution < -0.4 is 5.19 Å². The maximum Gasteiger partial charge on any atom is 0.537 e. The molecule has 0 saturated carbocycles. The standard InChI is InChI=1S/C22H40O3Si/c1-5-9-10-11-12-13-14-15-16-21-17-19-22(20-18-21)26(23-6-2,24-7-3)25-8-4/h17-20H,5-16H2,1-4H3. The van der Waals surface area contributed by atoms with Gasteiger partial charge in [0.2, 0.25) is 0 Å². The van der Waals surface area contributed by atoms with Gasteiger partial charge in [0, 0.05) is 25.0 Å². The van der Waals surface area contributed by atoms with Crippen LogP contribution in [0.15, 0.2) is 24.3 Å². The minimum Gasteiger partial charge on any atom is -0.370 e. The number of aryl methyl sites for hydroxylation is 1. The van der Waals surface area contributed by atoms with Gasteiger partial charge in [-0.3, -0.25) is 0 Å². The third kappa shape index (κ3) is 8.34. The molecule has 1 aromatic carbocycles. The normalized spacial score (nSPS) is 11.8. The highest BCUT2D eigenvalue weighted by atomic mass is 28.4. The molecule has 1 aromatic rings. The summed E-state index contributed by atoms with van der Waals surface area (Å²) in [6, 6.07) is 8.73. The Kier molecular flexibility index (Phi) is 12.9. The topological polar surface area (TPSA) is 27.7 Å². The van der Waals surface area contributed by atoms with Crippen LogP contribution >= 0.6 is 0 Å². The zero-order valence-electron chi connectivity index (χ0n) is 17.5. The van der Waals surface area contributed by atoms with E-state index in [4.69, 9.17) is 13.3 Å². The minimum absolute atomic E-state index is 0.603. The maximum atomic E-state index is 5.98. The van der Waals surface area contributed by atoms with Gasteiger partial charge < -0.3 is 13.3 Å². The van der Waals surface area contributed by atoms with Crippen LogP contribution in [0.2, 0.25) is 0 Å². The molecule has 0 fully saturated rings. The Hall–Kier alpha value is -0.683. The lowest BCUT2D eigenvalue weighted by Crippen LogP contribution is -2.56. The van der Waals surface area contributed by atoms with Gasteiger partial charge in [-0.15, -0.1) is 0 Å². The van der Waals surface area contributed by atoms with Crippen molar-refractivity contribution in [3.05, 3.63) is 29.8 Å². The highest BCUT2D eigenvalue weighted by Gasteiger charge is 2.43. The predicted octanol–water partition coefficient (Wildman–Crippen LogP) is 5.63. The van der Waals surface area contributed by atoms with Gasteiger partial charge in [-0.25, -0.2) is 0 Å². The SMILES string of the molecule is CCCCCCCCCCc1ccc([Si](OCC)(OCC)OCC)cc1. The first kappa shape index (κ1) is 23.4. The van der Waals surface area contributed by atoms with Crippen LogP contribution in [-0.2, 0) is 19.7 Å². The summed E-state index contributed by atoms with van der Waals surface area (Å²) >= 11 is 0. The molecule has 0 aliphatic heterocycles. The summed E-state index contributed by atoms with van der Waals surface area (Å²) in [5, 5.41) is 1.07. The van der Waals surface area contributed by atoms with Crippen LogP contribution in [0.4, 0.5) is 0 Å². The summed E-state index contributed by atoms with van der Waals surface area (Å²) in [4.78, 5) is 0. The Bertz CT molecular complexity index is 430. The second-order valence-electron chi connectivity index (χ2n) is 6.78. The van der Waals surface area contributed by atoms with Gasteiger partial charge in [-0.1, -0.05) is 76.1 Å². The van der Waals surface area contributed by atoms with Crippen molar-refractivity contribution in [1.82, 2.24) is 0 Å². The second-order valence-corrected chi connectivity index (χ2v) is 9.33. The number of benzene rings is 1. The van der Waals surface area contributed by atoms with Crippen LogP contribution in [0.3, 0.4) is 0 Å². The molecule has 26 heavy (non-hydrogen) atoms. The summed E-state index contributed by atoms with van der Waals surface area (Å²) in [7, 11) is -2.75. The van der Waals surface area contributed by atoms with Gasteiger partial charge in [-0.05, 0) is 39.2 Å². The number of hydrogen-bond donors (Lipinski definition) is 0. The van der Waals surface area contributed by atoms with E-state index in [-0.39, 0.29) is 0 Å². The fourth-order valence-electron chi connectivity index (χ4n) is 3.28. The number of hydrogen-bond acceptors (Lipinski definition) is 3. The zero-order valence-corrected chi connectivity index (χ0v) is 18.5. The summed E-state index contributed by atoms with van der Waals surface area (Å²) < 4.78 is 18.0. The molecule has 150 valence electrons. The Morgan fingerprint density at radius 3 is 1.54 bits per heavy atom. The first-order chi connectivity index (χ1) is 12.7. The van der Waals surface area contributed by atoms with Crippen LogP contribution in [0.1, 0.15) is 84.6 Å². The van der Waals surface area contributed by atoms with Crippen LogP contribution in [0, 0.1) is 0 Å². The molecule has 0 radical (unpaired) electrons. The maximum absolute atomic E-state index is 5.98. The Morgan fingerprint density at radius 1 is 0.615 bits per heavy atom. The quantitative estimate of drug-likeness (QED) is 0.275. The van der Waals surface area contributed by atoms with Crippen LogP contribution in [-0.4, -0.2) is 28.6 Å². The average Bonchev–Trinajstić information content (AvgIpc) is 2.65. The predicted molar refractivity (Wildman–Crippen MR) is 113 cm³/mol. The molecule has 1 rings (SSSR count). The monoisotopic (exact) mass is 380 g/mol. The molecule has 0 aliphatic carbocycles. The fourth-order valence-corrected chi connectivity index (χ4v) is 5.75. The smallest absolute Gasteiger partial charge is 0.370 e. The van der Waals surface area contributed by atoms with Crippen molar-refractivity contribution >= 4 is 14.0 Å². The Morgan fingerprint density at radius 2 is 1.08 bits per heavy atom. The first-order valence-electron chi connectivity index (χ1n) is 10.7. The van der Waals surface area contributed by atoms with E-state index in [2.05, 4.69) is 31.2 Å². The van der Waals surface area contributed by atoms with E-state index < -0.39 is 8.80 Å². The summed E-state index contributed by atoms with van der Waals surface area (Å²) in [6.07, 6.45) is 12.1. The van der Waals surface area contributed by atoms with Gasteiger partial charge >= 0.3 is 8.80 Å². The number of rotatable bonds is 16. The lowest BCUT2D eigenvalue weighted by molar-refractivity contribution is 0.0859. The van der Waals surface area contributed by atoms with Crippen molar-refractivity contribution in [3.63, 3.8) is 0 Å². The summed E-state index contributed by atoms with van der Waals surface area (Å²) in [6.45, 7) is 10.1. The van der Waals surface area contributed by atoms with Crippen molar-refractivity contribution < 1.29 is 13.3 Å². The van der Waals surface area contributed by atoms with Crippen LogP contribution in [0.5, 0.6) is 0 Å². The van der Waals surface area contributed by atoms with E-state index in [1.807, 2.05) is 20.8 Å². The second kappa shape index (κ2) is 14.4.